The highest BCUT2D eigenvalue weighted by Crippen LogP contribution is 2.63. The largest absolute Gasteiger partial charge is 0.385 e. The molecule has 0 saturated heterocycles. The number of benzene rings is 1. The Morgan fingerprint density at radius 2 is 2.13 bits per heavy atom. The third-order valence-corrected chi connectivity index (χ3v) is 6.17. The molecule has 2 aliphatic rings. The van der Waals surface area contributed by atoms with Crippen molar-refractivity contribution in [3.05, 3.63) is 28.9 Å². The molecule has 1 aromatic heterocycles. The fourth-order valence-electron chi connectivity index (χ4n) is 4.16. The van der Waals surface area contributed by atoms with Crippen LogP contribution in [0.15, 0.2) is 18.3 Å². The normalized spacial score (nSPS) is 33.1. The third kappa shape index (κ3) is 2.65. The maximum Gasteiger partial charge on any atom is 0.208 e. The number of fused-ring (bicyclic) bond motifs is 2. The number of halogens is 1. The highest BCUT2D eigenvalue weighted by Gasteiger charge is 2.61. The van der Waals surface area contributed by atoms with Crippen LogP contribution in [0.5, 0.6) is 0 Å². The molecule has 23 heavy (non-hydrogen) atoms. The number of rotatable bonds is 4. The molecule has 2 aliphatic carbocycles. The molecule has 4 atom stereocenters. The van der Waals surface area contributed by atoms with Gasteiger partial charge in [-0.15, -0.1) is 0 Å². The van der Waals surface area contributed by atoms with Crippen LogP contribution >= 0.6 is 11.6 Å². The number of hydrogen-bond donors (Lipinski definition) is 3. The lowest BCUT2D eigenvalue weighted by Gasteiger charge is -2.27. The van der Waals surface area contributed by atoms with Crippen molar-refractivity contribution in [1.82, 2.24) is 14.9 Å². The van der Waals surface area contributed by atoms with E-state index < -0.39 is 15.6 Å². The minimum atomic E-state index is -3.16. The average Bonchev–Trinajstić information content (AvgIpc) is 2.82. The van der Waals surface area contributed by atoms with Crippen molar-refractivity contribution in [3.63, 3.8) is 0 Å². The van der Waals surface area contributed by atoms with Crippen LogP contribution in [0.1, 0.15) is 18.4 Å². The Morgan fingerprint density at radius 1 is 1.43 bits per heavy atom. The highest BCUT2D eigenvalue weighted by atomic mass is 35.5. The van der Waals surface area contributed by atoms with Crippen molar-refractivity contribution in [1.29, 1.82) is 0 Å². The van der Waals surface area contributed by atoms with Gasteiger partial charge in [-0.3, -0.25) is 5.10 Å². The molecule has 0 spiro atoms. The van der Waals surface area contributed by atoms with E-state index in [2.05, 4.69) is 14.9 Å². The van der Waals surface area contributed by atoms with Gasteiger partial charge in [0, 0.05) is 17.0 Å². The van der Waals surface area contributed by atoms with Crippen LogP contribution in [0.3, 0.4) is 0 Å². The Kier molecular flexibility index (Phi) is 3.29. The fourth-order valence-corrected chi connectivity index (χ4v) is 4.88. The summed E-state index contributed by atoms with van der Waals surface area (Å²) in [6.45, 7) is 0.459. The van der Waals surface area contributed by atoms with Crippen LogP contribution in [0.4, 0.5) is 0 Å². The summed E-state index contributed by atoms with van der Waals surface area (Å²) in [4.78, 5) is 0. The van der Waals surface area contributed by atoms with Gasteiger partial charge in [0.15, 0.2) is 0 Å². The predicted octanol–water partition coefficient (Wildman–Crippen LogP) is 1.61. The molecule has 8 heteroatoms. The second kappa shape index (κ2) is 4.92. The first kappa shape index (κ1) is 15.4. The molecule has 2 aromatic rings. The molecule has 0 amide bonds. The van der Waals surface area contributed by atoms with Crippen LogP contribution < -0.4 is 4.72 Å². The second-order valence-corrected chi connectivity index (χ2v) is 9.11. The van der Waals surface area contributed by atoms with E-state index in [0.29, 0.717) is 42.2 Å². The molecule has 2 fully saturated rings. The molecule has 124 valence electrons. The zero-order valence-corrected chi connectivity index (χ0v) is 14.2. The van der Waals surface area contributed by atoms with Crippen molar-refractivity contribution >= 4 is 32.5 Å². The van der Waals surface area contributed by atoms with Gasteiger partial charge in [0.1, 0.15) is 0 Å². The summed E-state index contributed by atoms with van der Waals surface area (Å²) in [6.07, 6.45) is 4.15. The third-order valence-electron chi connectivity index (χ3n) is 5.26. The number of H-pyrrole nitrogens is 1. The molecule has 3 N–H and O–H groups in total. The van der Waals surface area contributed by atoms with Gasteiger partial charge in [-0.1, -0.05) is 11.6 Å². The fraction of sp³-hybridized carbons (Fsp3) is 0.533. The summed E-state index contributed by atoms with van der Waals surface area (Å²) in [7, 11) is -3.16. The first-order valence-electron chi connectivity index (χ1n) is 7.57. The monoisotopic (exact) mass is 355 g/mol. The summed E-state index contributed by atoms with van der Waals surface area (Å²) in [5.74, 6) is 1.04. The van der Waals surface area contributed by atoms with E-state index in [1.165, 1.54) is 6.26 Å². The SMILES string of the molecule is CS(=O)(=O)NCC1C2CC(O)(c3cc(Cl)cc4[nH]ncc34)C[C@H]12. The maximum absolute atomic E-state index is 11.2. The Morgan fingerprint density at radius 3 is 2.78 bits per heavy atom. The van der Waals surface area contributed by atoms with Gasteiger partial charge >= 0.3 is 0 Å². The number of aromatic amines is 1. The number of hydrogen-bond acceptors (Lipinski definition) is 4. The van der Waals surface area contributed by atoms with Gasteiger partial charge in [0.2, 0.25) is 10.0 Å². The lowest BCUT2D eigenvalue weighted by Crippen LogP contribution is -2.29. The first-order valence-corrected chi connectivity index (χ1v) is 9.84. The van der Waals surface area contributed by atoms with E-state index in [-0.39, 0.29) is 0 Å². The van der Waals surface area contributed by atoms with Gasteiger partial charge in [0.05, 0.1) is 23.6 Å². The van der Waals surface area contributed by atoms with Gasteiger partial charge in [0.25, 0.3) is 0 Å². The molecule has 2 saturated carbocycles. The molecule has 0 bridgehead atoms. The summed E-state index contributed by atoms with van der Waals surface area (Å²) in [5.41, 5.74) is 0.719. The Balaban J connectivity index is 1.55. The molecule has 1 heterocycles. The van der Waals surface area contributed by atoms with E-state index in [1.54, 1.807) is 12.3 Å². The lowest BCUT2D eigenvalue weighted by molar-refractivity contribution is 0.0277. The minimum absolute atomic E-state index is 0.323. The summed E-state index contributed by atoms with van der Waals surface area (Å²) in [6, 6.07) is 3.61. The smallest absolute Gasteiger partial charge is 0.208 e. The Labute approximate surface area is 139 Å². The number of aliphatic hydroxyl groups is 1. The molecule has 6 nitrogen and oxygen atoms in total. The predicted molar refractivity (Wildman–Crippen MR) is 87.6 cm³/mol. The average molecular weight is 356 g/mol. The van der Waals surface area contributed by atoms with Crippen LogP contribution in [0, 0.1) is 17.8 Å². The highest BCUT2D eigenvalue weighted by molar-refractivity contribution is 7.88. The van der Waals surface area contributed by atoms with Crippen molar-refractivity contribution in [2.45, 2.75) is 18.4 Å². The van der Waals surface area contributed by atoms with E-state index in [0.717, 1.165) is 16.5 Å². The van der Waals surface area contributed by atoms with Crippen LogP contribution in [0.2, 0.25) is 5.02 Å². The van der Waals surface area contributed by atoms with E-state index in [1.807, 2.05) is 6.07 Å². The van der Waals surface area contributed by atoms with Crippen molar-refractivity contribution in [2.75, 3.05) is 12.8 Å². The van der Waals surface area contributed by atoms with Crippen molar-refractivity contribution < 1.29 is 13.5 Å². The maximum atomic E-state index is 11.2. The number of sulfonamides is 1. The van der Waals surface area contributed by atoms with Gasteiger partial charge in [-0.25, -0.2) is 13.1 Å². The van der Waals surface area contributed by atoms with Crippen molar-refractivity contribution in [2.24, 2.45) is 17.8 Å². The van der Waals surface area contributed by atoms with Crippen LogP contribution in [-0.4, -0.2) is 36.5 Å². The van der Waals surface area contributed by atoms with E-state index >= 15 is 0 Å². The van der Waals surface area contributed by atoms with Crippen LogP contribution in [0.25, 0.3) is 10.9 Å². The number of nitrogens with one attached hydrogen (secondary N) is 2. The number of aromatic nitrogens is 2. The molecule has 0 radical (unpaired) electrons. The van der Waals surface area contributed by atoms with Gasteiger partial charge < -0.3 is 5.11 Å². The zero-order chi connectivity index (χ0) is 16.4. The van der Waals surface area contributed by atoms with Crippen LogP contribution in [-0.2, 0) is 15.6 Å². The summed E-state index contributed by atoms with van der Waals surface area (Å²) < 4.78 is 25.0. The van der Waals surface area contributed by atoms with Gasteiger partial charge in [-0.05, 0) is 48.3 Å². The Bertz CT molecular complexity index is 867. The molecule has 3 unspecified atom stereocenters. The van der Waals surface area contributed by atoms with Crippen molar-refractivity contribution in [3.8, 4) is 0 Å². The first-order chi connectivity index (χ1) is 10.8. The molecule has 4 rings (SSSR count). The molecular formula is C15H18ClN3O3S. The lowest BCUT2D eigenvalue weighted by atomic mass is 9.85. The molecule has 0 aliphatic heterocycles. The quantitative estimate of drug-likeness (QED) is 0.776. The molecule has 1 aromatic carbocycles. The van der Waals surface area contributed by atoms with E-state index in [9.17, 15) is 13.5 Å². The molecular weight excluding hydrogens is 338 g/mol. The summed E-state index contributed by atoms with van der Waals surface area (Å²) in [5, 5.41) is 19.5. The minimum Gasteiger partial charge on any atom is -0.385 e. The second-order valence-electron chi connectivity index (χ2n) is 6.84. The zero-order valence-electron chi connectivity index (χ0n) is 12.6. The Hall–Kier alpha value is -1.15. The standard InChI is InChI=1S/C15H18ClN3O3S/c1-23(21,22)18-7-11-9-4-15(20,5-10(9)11)13-2-8(16)3-14-12(13)6-17-19-14/h2-3,6,9-11,18,20H,4-5,7H2,1H3,(H,17,19)/t9-,10?,11?,15?/m0/s1. The topological polar surface area (TPSA) is 95.1 Å². The number of nitrogens with zero attached hydrogens (tertiary/aromatic N) is 1. The summed E-state index contributed by atoms with van der Waals surface area (Å²) >= 11 is 6.16. The van der Waals surface area contributed by atoms with E-state index in [4.69, 9.17) is 11.6 Å². The van der Waals surface area contributed by atoms with Gasteiger partial charge in [-0.2, -0.15) is 5.10 Å².